The van der Waals surface area contributed by atoms with E-state index in [-0.39, 0.29) is 12.6 Å². The van der Waals surface area contributed by atoms with E-state index in [1.807, 2.05) is 0 Å². The van der Waals surface area contributed by atoms with Crippen molar-refractivity contribution in [1.29, 1.82) is 0 Å². The predicted octanol–water partition coefficient (Wildman–Crippen LogP) is 2.72. The summed E-state index contributed by atoms with van der Waals surface area (Å²) in [4.78, 5) is 12.2. The van der Waals surface area contributed by atoms with Crippen molar-refractivity contribution in [3.63, 3.8) is 0 Å². The molecule has 0 unspecified atom stereocenters. The highest BCUT2D eigenvalue weighted by atomic mass is 19.3. The zero-order valence-corrected chi connectivity index (χ0v) is 9.32. The largest absolute Gasteiger partial charge is 0.332 e. The van der Waals surface area contributed by atoms with Crippen molar-refractivity contribution in [3.05, 3.63) is 34.9 Å². The number of rotatable bonds is 1. The van der Waals surface area contributed by atoms with Crippen LogP contribution in [0.25, 0.3) is 0 Å². The minimum Gasteiger partial charge on any atom is -0.332 e. The summed E-state index contributed by atoms with van der Waals surface area (Å²) in [5.74, 6) is -12.3. The van der Waals surface area contributed by atoms with E-state index in [9.17, 15) is 31.1 Å². The third-order valence-electron chi connectivity index (χ3n) is 2.79. The molecule has 1 aromatic carbocycles. The molecule has 0 saturated carbocycles. The molecule has 0 atom stereocenters. The van der Waals surface area contributed by atoms with Gasteiger partial charge in [-0.15, -0.1) is 0 Å². The van der Waals surface area contributed by atoms with Crippen LogP contribution in [0.2, 0.25) is 0 Å². The summed E-state index contributed by atoms with van der Waals surface area (Å²) in [6.07, 6.45) is -0.619. The van der Waals surface area contributed by atoms with Crippen LogP contribution in [-0.4, -0.2) is 29.8 Å². The molecule has 1 aliphatic rings. The van der Waals surface area contributed by atoms with Crippen molar-refractivity contribution >= 4 is 5.91 Å². The van der Waals surface area contributed by atoms with Crippen LogP contribution in [-0.2, 0) is 0 Å². The Kier molecular flexibility index (Phi) is 3.19. The van der Waals surface area contributed by atoms with Gasteiger partial charge in [0.25, 0.3) is 11.8 Å². The maximum Gasteiger partial charge on any atom is 0.267 e. The van der Waals surface area contributed by atoms with Crippen molar-refractivity contribution < 1.29 is 31.1 Å². The fraction of sp³-hybridized carbons (Fsp3) is 0.364. The fourth-order valence-electron chi connectivity index (χ4n) is 1.81. The first-order valence-electron chi connectivity index (χ1n) is 5.23. The molecule has 2 nitrogen and oxygen atoms in total. The summed E-state index contributed by atoms with van der Waals surface area (Å²) in [5.41, 5.74) is -1.10. The Morgan fingerprint density at radius 2 is 1.74 bits per heavy atom. The summed E-state index contributed by atoms with van der Waals surface area (Å²) >= 11 is 0. The minimum atomic E-state index is -3.12. The molecule has 1 amide bonds. The van der Waals surface area contributed by atoms with Crippen molar-refractivity contribution in [1.82, 2.24) is 4.90 Å². The predicted molar refractivity (Wildman–Crippen MR) is 51.7 cm³/mol. The Morgan fingerprint density at radius 1 is 1.11 bits per heavy atom. The topological polar surface area (TPSA) is 20.3 Å². The SMILES string of the molecule is O=C(c1cc(F)c(F)c(F)c1F)N1CCC(F)(F)C1. The number of benzene rings is 1. The smallest absolute Gasteiger partial charge is 0.267 e. The third-order valence-corrected chi connectivity index (χ3v) is 2.79. The van der Waals surface area contributed by atoms with E-state index in [2.05, 4.69) is 0 Å². The molecule has 0 aromatic heterocycles. The van der Waals surface area contributed by atoms with Gasteiger partial charge in [0.1, 0.15) is 0 Å². The first-order valence-corrected chi connectivity index (χ1v) is 5.23. The van der Waals surface area contributed by atoms with Gasteiger partial charge >= 0.3 is 0 Å². The third kappa shape index (κ3) is 2.39. The lowest BCUT2D eigenvalue weighted by molar-refractivity contribution is 0.0119. The Balaban J connectivity index is 2.35. The lowest BCUT2D eigenvalue weighted by Gasteiger charge is -2.16. The number of halogens is 6. The maximum absolute atomic E-state index is 13.3. The van der Waals surface area contributed by atoms with Gasteiger partial charge in [0.15, 0.2) is 23.3 Å². The average molecular weight is 283 g/mol. The van der Waals surface area contributed by atoms with Crippen LogP contribution in [0.5, 0.6) is 0 Å². The number of likely N-dealkylation sites (tertiary alicyclic amines) is 1. The van der Waals surface area contributed by atoms with Crippen LogP contribution in [0.15, 0.2) is 6.07 Å². The molecule has 1 heterocycles. The van der Waals surface area contributed by atoms with Crippen LogP contribution < -0.4 is 0 Å². The number of amides is 1. The summed E-state index contributed by atoms with van der Waals surface area (Å²) in [6.45, 7) is -1.34. The lowest BCUT2D eigenvalue weighted by atomic mass is 10.1. The maximum atomic E-state index is 13.3. The normalized spacial score (nSPS) is 17.9. The Bertz CT molecular complexity index is 544. The number of hydrogen-bond acceptors (Lipinski definition) is 1. The molecule has 0 aliphatic carbocycles. The second-order valence-corrected chi connectivity index (χ2v) is 4.18. The van der Waals surface area contributed by atoms with Gasteiger partial charge in [-0.25, -0.2) is 26.3 Å². The standard InChI is InChI=1S/C11H7F6NO/c12-6-3-5(7(13)9(15)8(6)14)10(19)18-2-1-11(16,17)4-18/h3H,1-2,4H2. The minimum absolute atomic E-state index is 0.159. The van der Waals surface area contributed by atoms with E-state index < -0.39 is 53.6 Å². The number of hydrogen-bond donors (Lipinski definition) is 0. The average Bonchev–Trinajstić information content (AvgIpc) is 2.71. The van der Waals surface area contributed by atoms with E-state index in [0.717, 1.165) is 0 Å². The van der Waals surface area contributed by atoms with Gasteiger partial charge in [-0.05, 0) is 6.07 Å². The molecule has 104 valence electrons. The van der Waals surface area contributed by atoms with E-state index in [4.69, 9.17) is 0 Å². The molecular weight excluding hydrogens is 276 g/mol. The van der Waals surface area contributed by atoms with Crippen molar-refractivity contribution in [2.45, 2.75) is 12.3 Å². The molecule has 1 aromatic rings. The molecule has 0 radical (unpaired) electrons. The number of carbonyl (C=O) groups is 1. The van der Waals surface area contributed by atoms with Gasteiger partial charge in [0, 0.05) is 13.0 Å². The molecule has 8 heteroatoms. The van der Waals surface area contributed by atoms with Gasteiger partial charge in [0.05, 0.1) is 12.1 Å². The molecule has 0 N–H and O–H groups in total. The molecule has 0 bridgehead atoms. The van der Waals surface area contributed by atoms with Crippen LogP contribution >= 0.6 is 0 Å². The second-order valence-electron chi connectivity index (χ2n) is 4.18. The molecule has 0 spiro atoms. The molecule has 1 fully saturated rings. The summed E-state index contributed by atoms with van der Waals surface area (Å²) in [5, 5.41) is 0. The summed E-state index contributed by atoms with van der Waals surface area (Å²) in [7, 11) is 0. The van der Waals surface area contributed by atoms with E-state index >= 15 is 0 Å². The van der Waals surface area contributed by atoms with Gasteiger partial charge in [-0.3, -0.25) is 4.79 Å². The number of alkyl halides is 2. The zero-order chi connectivity index (χ0) is 14.4. The Labute approximate surface area is 103 Å². The number of nitrogens with zero attached hydrogens (tertiary/aromatic N) is 1. The van der Waals surface area contributed by atoms with Crippen LogP contribution in [0.4, 0.5) is 26.3 Å². The van der Waals surface area contributed by atoms with E-state index in [1.165, 1.54) is 0 Å². The van der Waals surface area contributed by atoms with Gasteiger partial charge in [0.2, 0.25) is 0 Å². The highest BCUT2D eigenvalue weighted by molar-refractivity contribution is 5.94. The summed E-state index contributed by atoms with van der Waals surface area (Å²) in [6, 6.07) is 0.159. The fourth-order valence-corrected chi connectivity index (χ4v) is 1.81. The zero-order valence-electron chi connectivity index (χ0n) is 9.32. The van der Waals surface area contributed by atoms with Crippen molar-refractivity contribution in [2.24, 2.45) is 0 Å². The Hall–Kier alpha value is -1.73. The quantitative estimate of drug-likeness (QED) is 0.441. The number of carbonyl (C=O) groups excluding carboxylic acids is 1. The van der Waals surface area contributed by atoms with Crippen LogP contribution in [0.3, 0.4) is 0 Å². The van der Waals surface area contributed by atoms with Crippen LogP contribution in [0.1, 0.15) is 16.8 Å². The molecule has 2 rings (SSSR count). The summed E-state index contributed by atoms with van der Waals surface area (Å²) < 4.78 is 77.7. The van der Waals surface area contributed by atoms with Gasteiger partial charge in [-0.1, -0.05) is 0 Å². The highest BCUT2D eigenvalue weighted by Crippen LogP contribution is 2.29. The first-order chi connectivity index (χ1) is 8.73. The molecule has 1 aliphatic heterocycles. The lowest BCUT2D eigenvalue weighted by Crippen LogP contribution is -2.32. The monoisotopic (exact) mass is 283 g/mol. The highest BCUT2D eigenvalue weighted by Gasteiger charge is 2.41. The van der Waals surface area contributed by atoms with Crippen LogP contribution in [0, 0.1) is 23.3 Å². The van der Waals surface area contributed by atoms with E-state index in [0.29, 0.717) is 4.90 Å². The molecule has 19 heavy (non-hydrogen) atoms. The second kappa shape index (κ2) is 4.43. The van der Waals surface area contributed by atoms with E-state index in [1.54, 1.807) is 0 Å². The molecular formula is C11H7F6NO. The Morgan fingerprint density at radius 3 is 2.26 bits per heavy atom. The molecule has 1 saturated heterocycles. The first kappa shape index (κ1) is 13.7. The van der Waals surface area contributed by atoms with Crippen molar-refractivity contribution in [3.8, 4) is 0 Å². The van der Waals surface area contributed by atoms with Crippen molar-refractivity contribution in [2.75, 3.05) is 13.1 Å². The van der Waals surface area contributed by atoms with Gasteiger partial charge in [-0.2, -0.15) is 0 Å². The van der Waals surface area contributed by atoms with Gasteiger partial charge < -0.3 is 4.90 Å².